The molecule has 2 aromatic rings. The Bertz CT molecular complexity index is 1290. The number of fused-ring (bicyclic) bond motifs is 1. The number of nitrogen functional groups attached to an aromatic ring is 2. The molecular formula is C19H20N7NaO7S3. The molecule has 6 N–H and O–H groups in total. The number of hydrogen-bond acceptors (Lipinski definition) is 14. The number of rotatable bonds is 9. The zero-order valence-electron chi connectivity index (χ0n) is 18.5. The zero-order valence-corrected chi connectivity index (χ0v) is 20.9. The molecule has 0 saturated carbocycles. The van der Waals surface area contributed by atoms with Crippen LogP contribution in [0.5, 0.6) is 0 Å². The molecule has 0 radical (unpaired) electrons. The fourth-order valence-electron chi connectivity index (χ4n) is 3.35. The third kappa shape index (κ3) is 6.42. The van der Waals surface area contributed by atoms with Gasteiger partial charge in [0.1, 0.15) is 29.4 Å². The van der Waals surface area contributed by atoms with Gasteiger partial charge in [-0.2, -0.15) is 0 Å². The first-order chi connectivity index (χ1) is 17.2. The zero-order chi connectivity index (χ0) is 26.0. The summed E-state index contributed by atoms with van der Waals surface area (Å²) in [5.41, 5.74) is 11.7. The van der Waals surface area contributed by atoms with Crippen molar-refractivity contribution in [2.75, 3.05) is 23.8 Å². The van der Waals surface area contributed by atoms with Crippen molar-refractivity contribution < 1.29 is 33.9 Å². The van der Waals surface area contributed by atoms with Crippen LogP contribution in [0.1, 0.15) is 18.3 Å². The number of esters is 1. The second kappa shape index (κ2) is 12.2. The number of aliphatic carboxylic acids is 1. The Morgan fingerprint density at radius 2 is 1.92 bits per heavy atom. The molecule has 1 fully saturated rings. The fourth-order valence-corrected chi connectivity index (χ4v) is 5.77. The van der Waals surface area contributed by atoms with Crippen LogP contribution in [0.15, 0.2) is 27.2 Å². The molecule has 0 bridgehead atoms. The van der Waals surface area contributed by atoms with Crippen LogP contribution in [-0.2, 0) is 35.4 Å². The van der Waals surface area contributed by atoms with Crippen LogP contribution < -0.4 is 16.8 Å². The van der Waals surface area contributed by atoms with Crippen LogP contribution >= 0.6 is 34.4 Å². The van der Waals surface area contributed by atoms with Gasteiger partial charge in [0.05, 0.1) is 5.69 Å². The van der Waals surface area contributed by atoms with Gasteiger partial charge in [0.25, 0.3) is 11.8 Å². The summed E-state index contributed by atoms with van der Waals surface area (Å²) in [6.45, 7) is 0.892. The minimum atomic E-state index is -1.34. The number of carbonyl (C=O) groups is 4. The Morgan fingerprint density at radius 3 is 2.51 bits per heavy atom. The van der Waals surface area contributed by atoms with Gasteiger partial charge >= 0.3 is 41.5 Å². The van der Waals surface area contributed by atoms with E-state index in [-0.39, 0.29) is 76.3 Å². The number of ether oxygens (including phenoxy) is 1. The number of carboxylic acids is 1. The summed E-state index contributed by atoms with van der Waals surface area (Å²) in [6, 6.07) is -1.02. The molecule has 0 unspecified atom stereocenters. The van der Waals surface area contributed by atoms with Crippen LogP contribution in [0.2, 0.25) is 0 Å². The third-order valence-corrected chi connectivity index (χ3v) is 7.64. The number of nitrogens with one attached hydrogen (secondary N) is 1. The number of carboxylic acid groups (broad SMARTS) is 1. The van der Waals surface area contributed by atoms with Crippen molar-refractivity contribution in [1.82, 2.24) is 20.2 Å². The Morgan fingerprint density at radius 1 is 1.22 bits per heavy atom. The van der Waals surface area contributed by atoms with Crippen LogP contribution in [0, 0.1) is 0 Å². The molecule has 192 valence electrons. The van der Waals surface area contributed by atoms with E-state index in [1.165, 1.54) is 35.4 Å². The third-order valence-electron chi connectivity index (χ3n) is 4.90. The van der Waals surface area contributed by atoms with Crippen LogP contribution in [0.25, 0.3) is 0 Å². The van der Waals surface area contributed by atoms with Crippen molar-refractivity contribution in [1.29, 1.82) is 0 Å². The summed E-state index contributed by atoms with van der Waals surface area (Å²) in [4.78, 5) is 63.4. The maximum atomic E-state index is 13.1. The second-order valence-corrected chi connectivity index (χ2v) is 10.2. The van der Waals surface area contributed by atoms with Gasteiger partial charge < -0.3 is 31.5 Å². The normalized spacial score (nSPS) is 18.9. The average molecular weight is 578 g/mol. The second-order valence-electron chi connectivity index (χ2n) is 7.36. The van der Waals surface area contributed by atoms with Crippen molar-refractivity contribution in [3.63, 3.8) is 0 Å². The monoisotopic (exact) mass is 577 g/mol. The maximum absolute atomic E-state index is 13.1. The van der Waals surface area contributed by atoms with Crippen molar-refractivity contribution in [3.05, 3.63) is 33.4 Å². The molecular weight excluding hydrogens is 557 g/mol. The van der Waals surface area contributed by atoms with Crippen molar-refractivity contribution in [2.45, 2.75) is 24.9 Å². The molecule has 2 atom stereocenters. The molecule has 4 heterocycles. The van der Waals surface area contributed by atoms with E-state index in [0.29, 0.717) is 10.8 Å². The molecule has 18 heteroatoms. The van der Waals surface area contributed by atoms with Crippen LogP contribution in [0.3, 0.4) is 0 Å². The molecule has 14 nitrogen and oxygen atoms in total. The summed E-state index contributed by atoms with van der Waals surface area (Å²) in [5, 5.41) is 19.2. The number of nitrogens with two attached hydrogens (primary N) is 2. The van der Waals surface area contributed by atoms with Crippen LogP contribution in [0.4, 0.5) is 10.3 Å². The number of anilines is 2. The number of β-lactam (4-membered cyclic amide) rings is 1. The topological polar surface area (TPSA) is 212 Å². The van der Waals surface area contributed by atoms with E-state index in [0.717, 1.165) is 16.2 Å². The Labute approximate surface area is 243 Å². The summed E-state index contributed by atoms with van der Waals surface area (Å²) >= 11 is 3.54. The first-order valence-electron chi connectivity index (χ1n) is 10.1. The fraction of sp³-hybridized carbons (Fsp3) is 0.316. The van der Waals surface area contributed by atoms with E-state index in [4.69, 9.17) is 21.0 Å². The van der Waals surface area contributed by atoms with Gasteiger partial charge in [-0.1, -0.05) is 5.16 Å². The Hall–Kier alpha value is -2.70. The van der Waals surface area contributed by atoms with E-state index in [1.807, 2.05) is 0 Å². The molecule has 2 aliphatic heterocycles. The standard InChI is InChI=1S/C19H19N7O7S3.Na.H/c1-7(27)32-2-8-4-34-16-12(15(29)26(16)13(8)17(30)31)24-14(28)11(10-6-36-19(21)23-10)25-33-3-9-5-35-18(20)22-9;;/h5-6,12,16H,2-4H2,1H3,(H2,20,22)(H2,21,23)(H,24,28)(H,30,31);;/b25-11-;;/t12-,16-;;/m1../s1. The number of aromatic nitrogens is 2. The van der Waals surface area contributed by atoms with Crippen molar-refractivity contribution in [3.8, 4) is 0 Å². The molecule has 2 aromatic heterocycles. The minimum absolute atomic E-state index is 0. The number of nitrogens with zero attached hydrogens (tertiary/aromatic N) is 4. The molecule has 0 aliphatic carbocycles. The van der Waals surface area contributed by atoms with Gasteiger partial charge in [0.2, 0.25) is 0 Å². The van der Waals surface area contributed by atoms with Crippen molar-refractivity contribution in [2.24, 2.45) is 5.16 Å². The van der Waals surface area contributed by atoms with Crippen molar-refractivity contribution >= 4 is 104 Å². The first-order valence-corrected chi connectivity index (χ1v) is 12.9. The number of carbonyl (C=O) groups excluding carboxylic acids is 3. The van der Waals surface area contributed by atoms with Gasteiger partial charge in [-0.05, 0) is 0 Å². The molecule has 0 aromatic carbocycles. The number of oxime groups is 1. The Balaban J connectivity index is 0.00000380. The number of amides is 2. The van der Waals surface area contributed by atoms with E-state index in [2.05, 4.69) is 20.4 Å². The molecule has 2 amide bonds. The summed E-state index contributed by atoms with van der Waals surface area (Å²) in [5.74, 6) is -3.11. The quantitative estimate of drug-likeness (QED) is 0.0961. The molecule has 4 rings (SSSR count). The molecule has 37 heavy (non-hydrogen) atoms. The van der Waals surface area contributed by atoms with Gasteiger partial charge in [-0.15, -0.1) is 34.4 Å². The van der Waals surface area contributed by atoms with E-state index < -0.39 is 35.2 Å². The number of thioether (sulfide) groups is 1. The molecule has 2 aliphatic rings. The van der Waals surface area contributed by atoms with Crippen LogP contribution in [-0.4, -0.2) is 103 Å². The van der Waals surface area contributed by atoms with Gasteiger partial charge in [0.15, 0.2) is 22.6 Å². The van der Waals surface area contributed by atoms with E-state index in [1.54, 1.807) is 5.38 Å². The Kier molecular flexibility index (Phi) is 9.54. The van der Waals surface area contributed by atoms with Gasteiger partial charge in [-0.25, -0.2) is 14.8 Å². The SMILES string of the molecule is CC(=O)OCC1=C(C(=O)O)N2C(=O)[C@@H](NC(=O)/C(=N\OCc3csc(N)n3)c3csc(N)n3)[C@H]2SC1.[NaH]. The number of hydrogen-bond donors (Lipinski definition) is 4. The first kappa shape index (κ1) is 28.9. The summed E-state index contributed by atoms with van der Waals surface area (Å²) < 4.78 is 4.91. The van der Waals surface area contributed by atoms with E-state index in [9.17, 15) is 24.3 Å². The van der Waals surface area contributed by atoms with Gasteiger partial charge in [-0.3, -0.25) is 19.3 Å². The summed E-state index contributed by atoms with van der Waals surface area (Å²) in [7, 11) is 0. The number of thiazole rings is 2. The molecule has 1 saturated heterocycles. The van der Waals surface area contributed by atoms with E-state index >= 15 is 0 Å². The predicted octanol–water partition coefficient (Wildman–Crippen LogP) is -0.662. The average Bonchev–Trinajstić information content (AvgIpc) is 3.45. The summed E-state index contributed by atoms with van der Waals surface area (Å²) in [6.07, 6.45) is 0. The molecule has 0 spiro atoms. The predicted molar refractivity (Wildman–Crippen MR) is 138 cm³/mol. The van der Waals surface area contributed by atoms with Gasteiger partial charge in [0, 0.05) is 29.0 Å².